The molecule has 3 aromatic carbocycles. The van der Waals surface area contributed by atoms with E-state index in [-0.39, 0.29) is 17.9 Å². The number of aromatic amines is 1. The first-order chi connectivity index (χ1) is 21.0. The molecule has 2 amide bonds. The van der Waals surface area contributed by atoms with Gasteiger partial charge in [0.25, 0.3) is 5.91 Å². The molecule has 2 heterocycles. The first-order valence-corrected chi connectivity index (χ1v) is 14.5. The van der Waals surface area contributed by atoms with E-state index in [9.17, 15) is 19.5 Å². The van der Waals surface area contributed by atoms with E-state index >= 15 is 0 Å². The zero-order chi connectivity index (χ0) is 31.4. The zero-order valence-corrected chi connectivity index (χ0v) is 25.3. The monoisotopic (exact) mass is 596 g/mol. The third kappa shape index (κ3) is 6.75. The lowest BCUT2D eigenvalue weighted by atomic mass is 10.00. The van der Waals surface area contributed by atoms with Crippen LogP contribution in [0.4, 0.5) is 10.5 Å². The first kappa shape index (κ1) is 30.3. The Morgan fingerprint density at radius 3 is 2.18 bits per heavy atom. The molecule has 228 valence electrons. The van der Waals surface area contributed by atoms with Gasteiger partial charge in [-0.3, -0.25) is 4.79 Å². The van der Waals surface area contributed by atoms with Crippen molar-refractivity contribution in [3.63, 3.8) is 0 Å². The number of hydrogen-bond donors (Lipinski definition) is 2. The van der Waals surface area contributed by atoms with Gasteiger partial charge in [0, 0.05) is 48.2 Å². The Balaban J connectivity index is 1.40. The van der Waals surface area contributed by atoms with E-state index in [1.54, 1.807) is 52.3 Å². The number of nitrogens with zero attached hydrogens (tertiary/aromatic N) is 3. The fourth-order valence-electron chi connectivity index (χ4n) is 5.15. The lowest BCUT2D eigenvalue weighted by Gasteiger charge is -2.26. The largest absolute Gasteiger partial charge is 0.494 e. The molecule has 0 atom stereocenters. The van der Waals surface area contributed by atoms with Gasteiger partial charge in [-0.15, -0.1) is 0 Å². The number of rotatable bonds is 5. The summed E-state index contributed by atoms with van der Waals surface area (Å²) in [5.74, 6) is -0.682. The molecule has 4 aromatic rings. The van der Waals surface area contributed by atoms with Crippen LogP contribution in [0.5, 0.6) is 5.88 Å². The van der Waals surface area contributed by atoms with Gasteiger partial charge in [-0.05, 0) is 63.6 Å². The summed E-state index contributed by atoms with van der Waals surface area (Å²) in [5, 5.41) is 11.7. The second kappa shape index (κ2) is 12.6. The molecule has 1 saturated heterocycles. The molecule has 0 bridgehead atoms. The Bertz CT molecular complexity index is 1700. The Morgan fingerprint density at radius 1 is 0.841 bits per heavy atom. The van der Waals surface area contributed by atoms with Crippen LogP contribution in [0.1, 0.15) is 59.0 Å². The molecule has 0 aliphatic carbocycles. The summed E-state index contributed by atoms with van der Waals surface area (Å²) in [5.41, 5.74) is 3.23. The standard InChI is InChI=1S/C34H36N4O6/c1-34(2,3)44-33(42)38-18-8-17-37(19-20-38)31(40)23-11-14-25(15-12-23)35-29(22-9-6-5-7-10-22)28-26-16-13-24(32(41)43-4)21-27(26)36-30(28)39/h5-7,9-16,21,36,39H,8,17-20H2,1-4H3. The molecular formula is C34H36N4O6. The third-order valence-electron chi connectivity index (χ3n) is 7.27. The third-order valence-corrected chi connectivity index (χ3v) is 7.27. The molecular weight excluding hydrogens is 560 g/mol. The number of nitrogens with one attached hydrogen (secondary N) is 1. The van der Waals surface area contributed by atoms with Crippen LogP contribution in [-0.2, 0) is 9.47 Å². The van der Waals surface area contributed by atoms with Crippen molar-refractivity contribution in [2.75, 3.05) is 33.3 Å². The summed E-state index contributed by atoms with van der Waals surface area (Å²) in [6.45, 7) is 7.38. The summed E-state index contributed by atoms with van der Waals surface area (Å²) < 4.78 is 10.3. The van der Waals surface area contributed by atoms with Crippen LogP contribution in [-0.4, -0.2) is 82.5 Å². The van der Waals surface area contributed by atoms with E-state index in [2.05, 4.69) is 4.98 Å². The minimum absolute atomic E-state index is 0.0852. The zero-order valence-electron chi connectivity index (χ0n) is 25.3. The molecule has 44 heavy (non-hydrogen) atoms. The quantitative estimate of drug-likeness (QED) is 0.218. The van der Waals surface area contributed by atoms with Crippen LogP contribution < -0.4 is 0 Å². The van der Waals surface area contributed by atoms with Gasteiger partial charge in [-0.1, -0.05) is 36.4 Å². The predicted octanol–water partition coefficient (Wildman–Crippen LogP) is 5.91. The molecule has 1 aromatic heterocycles. The van der Waals surface area contributed by atoms with Gasteiger partial charge in [-0.2, -0.15) is 0 Å². The minimum atomic E-state index is -0.579. The van der Waals surface area contributed by atoms with Crippen molar-refractivity contribution in [2.24, 2.45) is 4.99 Å². The summed E-state index contributed by atoms with van der Waals surface area (Å²) in [4.78, 5) is 49.2. The van der Waals surface area contributed by atoms with Gasteiger partial charge in [0.15, 0.2) is 5.88 Å². The lowest BCUT2D eigenvalue weighted by molar-refractivity contribution is 0.0255. The van der Waals surface area contributed by atoms with E-state index in [1.807, 2.05) is 51.1 Å². The maximum atomic E-state index is 13.4. The van der Waals surface area contributed by atoms with E-state index < -0.39 is 11.6 Å². The number of hydrogen-bond acceptors (Lipinski definition) is 7. The number of amides is 2. The molecule has 0 radical (unpaired) electrons. The number of methoxy groups -OCH3 is 1. The van der Waals surface area contributed by atoms with E-state index in [0.29, 0.717) is 71.6 Å². The Hall–Kier alpha value is -5.12. The molecule has 10 heteroatoms. The molecule has 5 rings (SSSR count). The number of fused-ring (bicyclic) bond motifs is 1. The number of carbonyl (C=O) groups excluding carboxylic acids is 3. The highest BCUT2D eigenvalue weighted by atomic mass is 16.6. The number of aromatic hydroxyl groups is 1. The number of aromatic nitrogens is 1. The van der Waals surface area contributed by atoms with Gasteiger partial charge in [0.05, 0.1) is 29.6 Å². The Labute approximate surface area is 255 Å². The molecule has 0 unspecified atom stereocenters. The highest BCUT2D eigenvalue weighted by Gasteiger charge is 2.26. The summed E-state index contributed by atoms with van der Waals surface area (Å²) in [6.07, 6.45) is 0.289. The van der Waals surface area contributed by atoms with E-state index in [1.165, 1.54) is 7.11 Å². The summed E-state index contributed by atoms with van der Waals surface area (Å²) in [7, 11) is 1.32. The number of aliphatic imine (C=N–C) groups is 1. The number of esters is 1. The smallest absolute Gasteiger partial charge is 0.410 e. The Morgan fingerprint density at radius 2 is 1.50 bits per heavy atom. The van der Waals surface area contributed by atoms with Crippen LogP contribution >= 0.6 is 0 Å². The van der Waals surface area contributed by atoms with Crippen LogP contribution in [0.2, 0.25) is 0 Å². The summed E-state index contributed by atoms with van der Waals surface area (Å²) in [6, 6.07) is 21.5. The van der Waals surface area contributed by atoms with Crippen molar-refractivity contribution in [3.05, 3.63) is 95.1 Å². The lowest BCUT2D eigenvalue weighted by Crippen LogP contribution is -2.40. The normalized spacial score (nSPS) is 14.3. The number of H-pyrrole nitrogens is 1. The number of ether oxygens (including phenoxy) is 2. The second-order valence-corrected chi connectivity index (χ2v) is 11.6. The van der Waals surface area contributed by atoms with Gasteiger partial charge in [0.2, 0.25) is 0 Å². The average Bonchev–Trinajstić information content (AvgIpc) is 3.15. The highest BCUT2D eigenvalue weighted by molar-refractivity contribution is 6.22. The Kier molecular flexibility index (Phi) is 8.71. The van der Waals surface area contributed by atoms with Gasteiger partial charge in [-0.25, -0.2) is 14.6 Å². The fraction of sp³-hybridized carbons (Fsp3) is 0.294. The van der Waals surface area contributed by atoms with Crippen molar-refractivity contribution in [1.82, 2.24) is 14.8 Å². The molecule has 1 fully saturated rings. The fourth-order valence-corrected chi connectivity index (χ4v) is 5.15. The van der Waals surface area contributed by atoms with Crippen LogP contribution in [0.15, 0.2) is 77.8 Å². The van der Waals surface area contributed by atoms with E-state index in [4.69, 9.17) is 14.5 Å². The SMILES string of the molecule is COC(=O)c1ccc2c(C(=Nc3ccc(C(=O)N4CCCN(C(=O)OC(C)(C)C)CC4)cc3)c3ccccc3)c(O)[nH]c2c1. The number of carbonyl (C=O) groups is 3. The molecule has 10 nitrogen and oxygen atoms in total. The topological polar surface area (TPSA) is 125 Å². The average molecular weight is 597 g/mol. The molecule has 1 aliphatic heterocycles. The van der Waals surface area contributed by atoms with Gasteiger partial charge in [0.1, 0.15) is 5.60 Å². The van der Waals surface area contributed by atoms with Crippen LogP contribution in [0.3, 0.4) is 0 Å². The summed E-state index contributed by atoms with van der Waals surface area (Å²) >= 11 is 0. The number of benzene rings is 3. The van der Waals surface area contributed by atoms with Crippen molar-refractivity contribution in [2.45, 2.75) is 32.8 Å². The maximum Gasteiger partial charge on any atom is 0.410 e. The van der Waals surface area contributed by atoms with Crippen molar-refractivity contribution in [3.8, 4) is 5.88 Å². The van der Waals surface area contributed by atoms with Crippen LogP contribution in [0, 0.1) is 0 Å². The van der Waals surface area contributed by atoms with Crippen LogP contribution in [0.25, 0.3) is 10.9 Å². The van der Waals surface area contributed by atoms with E-state index in [0.717, 1.165) is 5.56 Å². The second-order valence-electron chi connectivity index (χ2n) is 11.6. The van der Waals surface area contributed by atoms with Crippen molar-refractivity contribution < 1.29 is 29.0 Å². The van der Waals surface area contributed by atoms with Gasteiger partial charge >= 0.3 is 12.1 Å². The first-order valence-electron chi connectivity index (χ1n) is 14.5. The molecule has 2 N–H and O–H groups in total. The minimum Gasteiger partial charge on any atom is -0.494 e. The predicted molar refractivity (Wildman–Crippen MR) is 168 cm³/mol. The maximum absolute atomic E-state index is 13.4. The van der Waals surface area contributed by atoms with Gasteiger partial charge < -0.3 is 29.4 Å². The molecule has 1 aliphatic rings. The molecule has 0 spiro atoms. The van der Waals surface area contributed by atoms with Crippen molar-refractivity contribution in [1.29, 1.82) is 0 Å². The highest BCUT2D eigenvalue weighted by Crippen LogP contribution is 2.32. The van der Waals surface area contributed by atoms with Crippen molar-refractivity contribution >= 4 is 40.3 Å². The molecule has 0 saturated carbocycles.